The summed E-state index contributed by atoms with van der Waals surface area (Å²) in [5.41, 5.74) is 2.66. The van der Waals surface area contributed by atoms with Crippen molar-refractivity contribution >= 4 is 0 Å². The molecule has 3 fully saturated rings. The molecule has 0 bridgehead atoms. The number of fused-ring (bicyclic) bond motifs is 1. The molecule has 0 aromatic carbocycles. The lowest BCUT2D eigenvalue weighted by Gasteiger charge is -2.44. The molecule has 0 radical (unpaired) electrons. The van der Waals surface area contributed by atoms with E-state index in [9.17, 15) is 20.4 Å². The second-order valence-electron chi connectivity index (χ2n) is 11.4. The van der Waals surface area contributed by atoms with Crippen molar-refractivity contribution in [3.05, 3.63) is 35.1 Å². The Kier molecular flexibility index (Phi) is 7.76. The highest BCUT2D eigenvalue weighted by atomic mass is 16.3. The Morgan fingerprint density at radius 2 is 1.94 bits per heavy atom. The molecule has 3 aliphatic rings. The summed E-state index contributed by atoms with van der Waals surface area (Å²) >= 11 is 0. The van der Waals surface area contributed by atoms with Crippen molar-refractivity contribution in [3.63, 3.8) is 0 Å². The Balaban J connectivity index is 1.73. The minimum Gasteiger partial charge on any atom is -0.515 e. The molecule has 0 unspecified atom stereocenters. The molecule has 4 N–H and O–H groups in total. The van der Waals surface area contributed by atoms with Crippen molar-refractivity contribution in [2.75, 3.05) is 0 Å². The maximum absolute atomic E-state index is 10.2. The van der Waals surface area contributed by atoms with Crippen molar-refractivity contribution in [1.82, 2.24) is 0 Å². The van der Waals surface area contributed by atoms with Crippen LogP contribution in [0.1, 0.15) is 91.9 Å². The van der Waals surface area contributed by atoms with E-state index in [1.54, 1.807) is 0 Å². The van der Waals surface area contributed by atoms with Crippen LogP contribution in [-0.4, -0.2) is 38.2 Å². The largest absolute Gasteiger partial charge is 0.515 e. The summed E-state index contributed by atoms with van der Waals surface area (Å²) in [7, 11) is 0. The van der Waals surface area contributed by atoms with E-state index in [0.29, 0.717) is 29.2 Å². The first-order valence-electron chi connectivity index (χ1n) is 12.4. The fourth-order valence-electron chi connectivity index (χ4n) is 6.87. The smallest absolute Gasteiger partial charge is 0.0852 e. The Bertz CT molecular complexity index is 713. The summed E-state index contributed by atoms with van der Waals surface area (Å²) in [6, 6.07) is 0. The van der Waals surface area contributed by atoms with Gasteiger partial charge in [-0.1, -0.05) is 44.4 Å². The summed E-state index contributed by atoms with van der Waals surface area (Å²) < 4.78 is 0. The lowest BCUT2D eigenvalue weighted by atomic mass is 9.60. The van der Waals surface area contributed by atoms with E-state index in [4.69, 9.17) is 0 Å². The number of rotatable bonds is 6. The molecule has 0 spiro atoms. The van der Waals surface area contributed by atoms with Gasteiger partial charge in [-0.2, -0.15) is 0 Å². The maximum Gasteiger partial charge on any atom is 0.0852 e. The fourth-order valence-corrected chi connectivity index (χ4v) is 6.87. The van der Waals surface area contributed by atoms with E-state index in [0.717, 1.165) is 37.0 Å². The second kappa shape index (κ2) is 9.80. The molecule has 0 aliphatic heterocycles. The van der Waals surface area contributed by atoms with Crippen LogP contribution in [0.25, 0.3) is 0 Å². The third kappa shape index (κ3) is 5.64. The second-order valence-corrected chi connectivity index (χ2v) is 11.4. The van der Waals surface area contributed by atoms with Crippen molar-refractivity contribution in [3.8, 4) is 0 Å². The highest BCUT2D eigenvalue weighted by Crippen LogP contribution is 2.60. The van der Waals surface area contributed by atoms with Crippen LogP contribution < -0.4 is 0 Å². The minimum atomic E-state index is -0.796. The number of aliphatic hydroxyl groups excluding tert-OH is 3. The fraction of sp³-hybridized carbons (Fsp3) is 0.778. The summed E-state index contributed by atoms with van der Waals surface area (Å²) in [4.78, 5) is 0. The van der Waals surface area contributed by atoms with E-state index in [1.165, 1.54) is 37.7 Å². The van der Waals surface area contributed by atoms with E-state index >= 15 is 0 Å². The molecule has 0 heterocycles. The molecule has 0 amide bonds. The van der Waals surface area contributed by atoms with Gasteiger partial charge in [-0.05, 0) is 87.5 Å². The van der Waals surface area contributed by atoms with Gasteiger partial charge in [-0.25, -0.2) is 0 Å². The molecule has 0 saturated heterocycles. The molecule has 0 aromatic heterocycles. The molecule has 4 heteroatoms. The number of allylic oxidation sites excluding steroid dienone is 3. The van der Waals surface area contributed by atoms with E-state index in [1.807, 2.05) is 19.9 Å². The predicted octanol–water partition coefficient (Wildman–Crippen LogP) is 5.59. The molecule has 31 heavy (non-hydrogen) atoms. The molecular formula is C27H44O4. The van der Waals surface area contributed by atoms with Gasteiger partial charge < -0.3 is 20.4 Å². The number of hydrogen-bond donors (Lipinski definition) is 4. The summed E-state index contributed by atoms with van der Waals surface area (Å²) in [5, 5.41) is 39.9. The molecule has 3 saturated carbocycles. The Morgan fingerprint density at radius 1 is 1.19 bits per heavy atom. The normalized spacial score (nSPS) is 39.3. The Hall–Kier alpha value is -1.10. The van der Waals surface area contributed by atoms with Gasteiger partial charge in [-0.3, -0.25) is 0 Å². The van der Waals surface area contributed by atoms with E-state index in [2.05, 4.69) is 19.9 Å². The van der Waals surface area contributed by atoms with Gasteiger partial charge in [-0.15, -0.1) is 0 Å². The first-order chi connectivity index (χ1) is 14.5. The highest BCUT2D eigenvalue weighted by molar-refractivity contribution is 5.39. The third-order valence-electron chi connectivity index (χ3n) is 8.49. The first-order valence-corrected chi connectivity index (χ1v) is 12.4. The van der Waals surface area contributed by atoms with Crippen LogP contribution in [0.3, 0.4) is 0 Å². The van der Waals surface area contributed by atoms with Crippen molar-refractivity contribution < 1.29 is 20.4 Å². The standard InChI is InChI=1S/C27H44O4/c1-18(7-5-13-26(2,3)31)23-11-12-24-19(8-6-14-27(23,24)4)9-10-20-15-21(29)16-25(30)22(20)17-28/h9-10,17-18,21,23-25,28-31H,5-8,11-16H2,1-4H3/b19-9+,20-10-,22-17-/t18-,21-,23-,24+,25+,27-/m1/s1. The van der Waals surface area contributed by atoms with Crippen LogP contribution in [0.2, 0.25) is 0 Å². The van der Waals surface area contributed by atoms with Gasteiger partial charge >= 0.3 is 0 Å². The van der Waals surface area contributed by atoms with Gasteiger partial charge in [0, 0.05) is 12.0 Å². The molecule has 176 valence electrons. The van der Waals surface area contributed by atoms with Gasteiger partial charge in [0.1, 0.15) is 0 Å². The zero-order chi connectivity index (χ0) is 22.8. The Labute approximate surface area is 188 Å². The van der Waals surface area contributed by atoms with Crippen LogP contribution in [0.15, 0.2) is 35.1 Å². The van der Waals surface area contributed by atoms with Gasteiger partial charge in [0.2, 0.25) is 0 Å². The van der Waals surface area contributed by atoms with E-state index < -0.39 is 17.8 Å². The molecule has 6 atom stereocenters. The average molecular weight is 433 g/mol. The molecule has 4 nitrogen and oxygen atoms in total. The first kappa shape index (κ1) is 24.5. The quantitative estimate of drug-likeness (QED) is 0.412. The van der Waals surface area contributed by atoms with Crippen LogP contribution in [-0.2, 0) is 0 Å². The third-order valence-corrected chi connectivity index (χ3v) is 8.49. The Morgan fingerprint density at radius 3 is 2.61 bits per heavy atom. The van der Waals surface area contributed by atoms with E-state index in [-0.39, 0.29) is 6.42 Å². The zero-order valence-electron chi connectivity index (χ0n) is 20.0. The lowest BCUT2D eigenvalue weighted by Crippen LogP contribution is -2.36. The van der Waals surface area contributed by atoms with Crippen LogP contribution in [0.5, 0.6) is 0 Å². The monoisotopic (exact) mass is 432 g/mol. The lowest BCUT2D eigenvalue weighted by molar-refractivity contribution is 0.0596. The number of hydrogen-bond acceptors (Lipinski definition) is 4. The molecule has 3 rings (SSSR count). The van der Waals surface area contributed by atoms with Crippen molar-refractivity contribution in [1.29, 1.82) is 0 Å². The summed E-state index contributed by atoms with van der Waals surface area (Å²) in [6.07, 6.45) is 13.9. The van der Waals surface area contributed by atoms with Gasteiger partial charge in [0.05, 0.1) is 24.1 Å². The number of aliphatic hydroxyl groups is 4. The minimum absolute atomic E-state index is 0.286. The van der Waals surface area contributed by atoms with Crippen molar-refractivity contribution in [2.45, 2.75) is 110 Å². The van der Waals surface area contributed by atoms with Gasteiger partial charge in [0.25, 0.3) is 0 Å². The van der Waals surface area contributed by atoms with Crippen LogP contribution in [0, 0.1) is 23.2 Å². The highest BCUT2D eigenvalue weighted by Gasteiger charge is 2.50. The van der Waals surface area contributed by atoms with Gasteiger partial charge in [0.15, 0.2) is 0 Å². The SMILES string of the molecule is C[C@H](CCCC(C)(C)O)[C@H]1CC[C@H]2/C(=C/C=C3/C[C@@H](O)C[C@H](O)/C3=C\O)CCC[C@]12C. The topological polar surface area (TPSA) is 80.9 Å². The molecular weight excluding hydrogens is 388 g/mol. The maximum atomic E-state index is 10.2. The van der Waals surface area contributed by atoms with Crippen LogP contribution >= 0.6 is 0 Å². The zero-order valence-corrected chi connectivity index (χ0v) is 20.0. The molecule has 0 aromatic rings. The average Bonchev–Trinajstić information content (AvgIpc) is 3.02. The summed E-state index contributed by atoms with van der Waals surface area (Å²) in [5.74, 6) is 1.99. The van der Waals surface area contributed by atoms with Crippen LogP contribution in [0.4, 0.5) is 0 Å². The predicted molar refractivity (Wildman–Crippen MR) is 126 cm³/mol. The molecule has 3 aliphatic carbocycles. The summed E-state index contributed by atoms with van der Waals surface area (Å²) in [6.45, 7) is 8.71. The van der Waals surface area contributed by atoms with Crippen molar-refractivity contribution in [2.24, 2.45) is 23.2 Å².